The zero-order chi connectivity index (χ0) is 19.3. The number of nitrogens with two attached hydrogens (primary N) is 1. The van der Waals surface area contributed by atoms with Crippen LogP contribution in [0.3, 0.4) is 0 Å². The Morgan fingerprint density at radius 2 is 1.70 bits per heavy atom. The Labute approximate surface area is 160 Å². The van der Waals surface area contributed by atoms with Gasteiger partial charge in [-0.15, -0.1) is 0 Å². The van der Waals surface area contributed by atoms with Crippen LogP contribution in [0.15, 0.2) is 53.4 Å². The lowest BCUT2D eigenvalue weighted by Gasteiger charge is -2.26. The van der Waals surface area contributed by atoms with Crippen LogP contribution in [0.25, 0.3) is 0 Å². The van der Waals surface area contributed by atoms with Crippen LogP contribution < -0.4 is 11.1 Å². The van der Waals surface area contributed by atoms with Crippen molar-refractivity contribution in [2.75, 3.05) is 18.8 Å². The summed E-state index contributed by atoms with van der Waals surface area (Å²) in [6.07, 6.45) is 3.14. The first-order valence-corrected chi connectivity index (χ1v) is 10.6. The Bertz CT molecular complexity index is 889. The molecule has 1 amide bonds. The van der Waals surface area contributed by atoms with Crippen LogP contribution in [0.1, 0.15) is 30.4 Å². The minimum absolute atomic E-state index is 0.121. The fraction of sp³-hybridized carbons (Fsp3) is 0.350. The summed E-state index contributed by atoms with van der Waals surface area (Å²) in [5.41, 5.74) is 7.94. The number of nitrogens with zero attached hydrogens (tertiary/aromatic N) is 1. The number of benzene rings is 2. The maximum Gasteiger partial charge on any atom is 0.243 e. The highest BCUT2D eigenvalue weighted by Crippen LogP contribution is 2.21. The molecule has 7 heteroatoms. The Balaban J connectivity index is 1.61. The number of hydrogen-bond acceptors (Lipinski definition) is 4. The number of nitrogen functional groups attached to an aromatic ring is 1. The number of amides is 1. The Kier molecular flexibility index (Phi) is 6.13. The lowest BCUT2D eigenvalue weighted by atomic mass is 10.1. The summed E-state index contributed by atoms with van der Waals surface area (Å²) in [6.45, 7) is 1.44. The van der Waals surface area contributed by atoms with E-state index in [2.05, 4.69) is 5.32 Å². The number of piperidine rings is 1. The van der Waals surface area contributed by atoms with E-state index in [-0.39, 0.29) is 23.8 Å². The number of hydrogen-bond donors (Lipinski definition) is 2. The van der Waals surface area contributed by atoms with Crippen molar-refractivity contribution in [3.63, 3.8) is 0 Å². The standard InChI is InChI=1S/C20H25N3O3S/c21-18-9-7-16(8-10-18)14-20(24)22-15-17-5-4-6-19(13-17)27(25,26)23-11-2-1-3-12-23/h4-10,13H,1-3,11-12,14-15,21H2,(H,22,24). The molecule has 1 aliphatic rings. The number of sulfonamides is 1. The van der Waals surface area contributed by atoms with E-state index in [0.717, 1.165) is 30.4 Å². The molecule has 0 spiro atoms. The summed E-state index contributed by atoms with van der Waals surface area (Å²) >= 11 is 0. The molecule has 2 aromatic carbocycles. The predicted octanol–water partition coefficient (Wildman–Crippen LogP) is 2.30. The smallest absolute Gasteiger partial charge is 0.243 e. The first-order chi connectivity index (χ1) is 12.9. The van der Waals surface area contributed by atoms with Crippen molar-refractivity contribution in [3.8, 4) is 0 Å². The average molecular weight is 388 g/mol. The largest absolute Gasteiger partial charge is 0.399 e. The molecule has 0 bridgehead atoms. The van der Waals surface area contributed by atoms with Crippen LogP contribution in [-0.2, 0) is 27.8 Å². The van der Waals surface area contributed by atoms with Crippen LogP contribution in [-0.4, -0.2) is 31.7 Å². The first kappa shape index (κ1) is 19.4. The van der Waals surface area contributed by atoms with Crippen LogP contribution in [0, 0.1) is 0 Å². The second-order valence-electron chi connectivity index (χ2n) is 6.81. The Hall–Kier alpha value is -2.38. The monoisotopic (exact) mass is 387 g/mol. The van der Waals surface area contributed by atoms with Gasteiger partial charge in [0.25, 0.3) is 0 Å². The molecule has 1 fully saturated rings. The van der Waals surface area contributed by atoms with E-state index in [1.54, 1.807) is 34.6 Å². The molecule has 1 aliphatic heterocycles. The van der Waals surface area contributed by atoms with Gasteiger partial charge < -0.3 is 11.1 Å². The lowest BCUT2D eigenvalue weighted by Crippen LogP contribution is -2.35. The molecule has 0 aromatic heterocycles. The van der Waals surface area contributed by atoms with E-state index in [0.29, 0.717) is 18.8 Å². The summed E-state index contributed by atoms with van der Waals surface area (Å²) < 4.78 is 27.1. The van der Waals surface area contributed by atoms with Crippen LogP contribution in [0.5, 0.6) is 0 Å². The van der Waals surface area contributed by atoms with Gasteiger partial charge in [0.05, 0.1) is 11.3 Å². The summed E-state index contributed by atoms with van der Waals surface area (Å²) in [7, 11) is -3.47. The van der Waals surface area contributed by atoms with Gasteiger partial charge in [0.15, 0.2) is 0 Å². The third kappa shape index (κ3) is 5.08. The van der Waals surface area contributed by atoms with Crippen molar-refractivity contribution in [2.24, 2.45) is 0 Å². The molecular weight excluding hydrogens is 362 g/mol. The molecule has 6 nitrogen and oxygen atoms in total. The van der Waals surface area contributed by atoms with Gasteiger partial charge in [-0.1, -0.05) is 30.7 Å². The van der Waals surface area contributed by atoms with Gasteiger partial charge in [0.2, 0.25) is 15.9 Å². The van der Waals surface area contributed by atoms with Crippen LogP contribution in [0.2, 0.25) is 0 Å². The minimum atomic E-state index is -3.47. The van der Waals surface area contributed by atoms with Gasteiger partial charge in [0, 0.05) is 25.3 Å². The van der Waals surface area contributed by atoms with Crippen molar-refractivity contribution >= 4 is 21.6 Å². The zero-order valence-electron chi connectivity index (χ0n) is 15.2. The van der Waals surface area contributed by atoms with Crippen molar-refractivity contribution in [1.29, 1.82) is 0 Å². The third-order valence-corrected chi connectivity index (χ3v) is 6.58. The van der Waals surface area contributed by atoms with Crippen molar-refractivity contribution in [2.45, 2.75) is 37.1 Å². The third-order valence-electron chi connectivity index (χ3n) is 4.69. The SMILES string of the molecule is Nc1ccc(CC(=O)NCc2cccc(S(=O)(=O)N3CCCCC3)c2)cc1. The van der Waals surface area contributed by atoms with E-state index in [9.17, 15) is 13.2 Å². The number of rotatable bonds is 6. The van der Waals surface area contributed by atoms with Gasteiger partial charge in [-0.3, -0.25) is 4.79 Å². The predicted molar refractivity (Wildman–Crippen MR) is 105 cm³/mol. The van der Waals surface area contributed by atoms with Gasteiger partial charge in [-0.2, -0.15) is 4.31 Å². The zero-order valence-corrected chi connectivity index (χ0v) is 16.0. The Morgan fingerprint density at radius 1 is 1.00 bits per heavy atom. The molecular formula is C20H25N3O3S. The molecule has 3 rings (SSSR count). The first-order valence-electron chi connectivity index (χ1n) is 9.15. The second kappa shape index (κ2) is 8.54. The van der Waals surface area contributed by atoms with Gasteiger partial charge in [0.1, 0.15) is 0 Å². The molecule has 1 saturated heterocycles. The van der Waals surface area contributed by atoms with E-state index < -0.39 is 10.0 Å². The fourth-order valence-electron chi connectivity index (χ4n) is 3.15. The summed E-state index contributed by atoms with van der Waals surface area (Å²) in [4.78, 5) is 12.4. The second-order valence-corrected chi connectivity index (χ2v) is 8.75. The maximum atomic E-state index is 12.8. The topological polar surface area (TPSA) is 92.5 Å². The number of nitrogens with one attached hydrogen (secondary N) is 1. The number of carbonyl (C=O) groups excluding carboxylic acids is 1. The highest BCUT2D eigenvalue weighted by Gasteiger charge is 2.25. The fourth-order valence-corrected chi connectivity index (χ4v) is 4.74. The van der Waals surface area contributed by atoms with E-state index in [1.807, 2.05) is 18.2 Å². The molecule has 27 heavy (non-hydrogen) atoms. The van der Waals surface area contributed by atoms with Crippen molar-refractivity contribution < 1.29 is 13.2 Å². The van der Waals surface area contributed by atoms with Gasteiger partial charge >= 0.3 is 0 Å². The summed E-state index contributed by atoms with van der Waals surface area (Å²) in [6, 6.07) is 14.0. The quantitative estimate of drug-likeness (QED) is 0.744. The molecule has 0 aliphatic carbocycles. The molecule has 0 atom stereocenters. The molecule has 1 heterocycles. The van der Waals surface area contributed by atoms with Crippen LogP contribution in [0.4, 0.5) is 5.69 Å². The molecule has 0 radical (unpaired) electrons. The average Bonchev–Trinajstić information content (AvgIpc) is 2.69. The molecule has 0 unspecified atom stereocenters. The molecule has 144 valence electrons. The normalized spacial score (nSPS) is 15.4. The highest BCUT2D eigenvalue weighted by molar-refractivity contribution is 7.89. The number of carbonyl (C=O) groups is 1. The van der Waals surface area contributed by atoms with E-state index in [4.69, 9.17) is 5.73 Å². The number of anilines is 1. The van der Waals surface area contributed by atoms with E-state index >= 15 is 0 Å². The minimum Gasteiger partial charge on any atom is -0.399 e. The van der Waals surface area contributed by atoms with Crippen LogP contribution >= 0.6 is 0 Å². The Morgan fingerprint density at radius 3 is 2.41 bits per heavy atom. The van der Waals surface area contributed by atoms with Crippen molar-refractivity contribution in [3.05, 3.63) is 59.7 Å². The van der Waals surface area contributed by atoms with Crippen molar-refractivity contribution in [1.82, 2.24) is 9.62 Å². The summed E-state index contributed by atoms with van der Waals surface area (Å²) in [5.74, 6) is -0.121. The van der Waals surface area contributed by atoms with Gasteiger partial charge in [-0.25, -0.2) is 8.42 Å². The molecule has 3 N–H and O–H groups in total. The molecule has 2 aromatic rings. The van der Waals surface area contributed by atoms with Gasteiger partial charge in [-0.05, 0) is 48.2 Å². The molecule has 0 saturated carbocycles. The lowest BCUT2D eigenvalue weighted by molar-refractivity contribution is -0.120. The highest BCUT2D eigenvalue weighted by atomic mass is 32.2. The maximum absolute atomic E-state index is 12.8. The van der Waals surface area contributed by atoms with E-state index in [1.165, 1.54) is 0 Å². The summed E-state index contributed by atoms with van der Waals surface area (Å²) in [5, 5.41) is 2.84.